The Hall–Kier alpha value is -3.33. The fourth-order valence-electron chi connectivity index (χ4n) is 3.12. The zero-order valence-electron chi connectivity index (χ0n) is 17.0. The van der Waals surface area contributed by atoms with Crippen LogP contribution in [0.1, 0.15) is 40.2 Å². The van der Waals surface area contributed by atoms with Crippen LogP contribution in [0, 0.1) is 13.8 Å². The number of halogens is 1. The van der Waals surface area contributed by atoms with Crippen molar-refractivity contribution >= 4 is 23.2 Å². The lowest BCUT2D eigenvalue weighted by atomic mass is 10.3. The largest absolute Gasteiger partial charge is 0.454 e. The fraction of sp³-hybridized carbons (Fsp3) is 0.300. The van der Waals surface area contributed by atoms with E-state index in [2.05, 4.69) is 20.6 Å². The first-order valence-corrected chi connectivity index (χ1v) is 9.94. The Morgan fingerprint density at radius 3 is 2.63 bits per heavy atom. The molecular formula is C20H22ClN7O2. The molecular weight excluding hydrogens is 406 g/mol. The summed E-state index contributed by atoms with van der Waals surface area (Å²) in [7, 11) is 0. The van der Waals surface area contributed by atoms with Gasteiger partial charge in [0, 0.05) is 24.5 Å². The molecule has 0 saturated carbocycles. The number of nitrogens with one attached hydrogen (secondary N) is 1. The highest BCUT2D eigenvalue weighted by Crippen LogP contribution is 2.20. The lowest BCUT2D eigenvalue weighted by Gasteiger charge is -2.02. The van der Waals surface area contributed by atoms with Gasteiger partial charge in [0.05, 0.1) is 47.6 Å². The van der Waals surface area contributed by atoms with Gasteiger partial charge in [-0.3, -0.25) is 18.8 Å². The van der Waals surface area contributed by atoms with Gasteiger partial charge in [-0.05, 0) is 32.9 Å². The van der Waals surface area contributed by atoms with E-state index in [1.54, 1.807) is 33.9 Å². The maximum absolute atomic E-state index is 12.5. The van der Waals surface area contributed by atoms with Crippen molar-refractivity contribution in [2.45, 2.75) is 40.4 Å². The molecule has 0 unspecified atom stereocenters. The molecule has 0 fully saturated rings. The third-order valence-corrected chi connectivity index (χ3v) is 5.28. The van der Waals surface area contributed by atoms with E-state index < -0.39 is 0 Å². The normalized spacial score (nSPS) is 11.2. The molecule has 1 amide bonds. The van der Waals surface area contributed by atoms with E-state index in [9.17, 15) is 4.79 Å². The highest BCUT2D eigenvalue weighted by molar-refractivity contribution is 6.31. The average Bonchev–Trinajstić information content (AvgIpc) is 3.50. The van der Waals surface area contributed by atoms with Crippen LogP contribution < -0.4 is 5.32 Å². The first kappa shape index (κ1) is 20.0. The number of rotatable bonds is 7. The maximum atomic E-state index is 12.5. The summed E-state index contributed by atoms with van der Waals surface area (Å²) in [6, 6.07) is 3.40. The summed E-state index contributed by atoms with van der Waals surface area (Å²) < 4.78 is 11.0. The number of anilines is 1. The number of nitrogens with zero attached hydrogens (tertiary/aromatic N) is 6. The Morgan fingerprint density at radius 1 is 1.13 bits per heavy atom. The number of aryl methyl sites for hydroxylation is 2. The van der Waals surface area contributed by atoms with Crippen LogP contribution in [0.15, 0.2) is 41.3 Å². The van der Waals surface area contributed by atoms with Crippen molar-refractivity contribution in [3.8, 4) is 0 Å². The van der Waals surface area contributed by atoms with Gasteiger partial charge in [-0.15, -0.1) is 0 Å². The molecule has 0 saturated heterocycles. The Labute approximate surface area is 178 Å². The molecule has 4 aromatic rings. The summed E-state index contributed by atoms with van der Waals surface area (Å²) in [5.74, 6) is 0.492. The summed E-state index contributed by atoms with van der Waals surface area (Å²) in [5, 5.41) is 16.4. The second-order valence-corrected chi connectivity index (χ2v) is 7.37. The summed E-state index contributed by atoms with van der Waals surface area (Å²) in [6.07, 6.45) is 7.15. The Morgan fingerprint density at radius 2 is 1.93 bits per heavy atom. The molecule has 0 aliphatic heterocycles. The molecule has 4 rings (SSSR count). The first-order chi connectivity index (χ1) is 14.4. The van der Waals surface area contributed by atoms with Crippen molar-refractivity contribution in [3.63, 3.8) is 0 Å². The SMILES string of the molecule is CCn1cc(Cn2cc(NC(=O)c3ccc(Cn4nc(C)c(Cl)c4C)o3)cn2)cn1. The van der Waals surface area contributed by atoms with Crippen molar-refractivity contribution in [2.24, 2.45) is 0 Å². The average molecular weight is 428 g/mol. The molecule has 0 atom stereocenters. The minimum absolute atomic E-state index is 0.217. The van der Waals surface area contributed by atoms with Crippen LogP contribution in [0.5, 0.6) is 0 Å². The smallest absolute Gasteiger partial charge is 0.291 e. The van der Waals surface area contributed by atoms with Crippen LogP contribution >= 0.6 is 11.6 Å². The summed E-state index contributed by atoms with van der Waals surface area (Å²) in [5.41, 5.74) is 3.25. The number of carbonyl (C=O) groups excluding carboxylic acids is 1. The van der Waals surface area contributed by atoms with Gasteiger partial charge in [0.2, 0.25) is 0 Å². The summed E-state index contributed by atoms with van der Waals surface area (Å²) in [6.45, 7) is 7.57. The highest BCUT2D eigenvalue weighted by Gasteiger charge is 2.15. The molecule has 0 aromatic carbocycles. The molecule has 0 aliphatic rings. The zero-order chi connectivity index (χ0) is 21.3. The standard InChI is InChI=1S/C20H22ClN7O2/c1-4-26-9-15(7-22-26)10-27-11-16(8-23-27)24-20(29)18-6-5-17(30-18)12-28-14(3)19(21)13(2)25-28/h5-9,11H,4,10,12H2,1-3H3,(H,24,29). The van der Waals surface area contributed by atoms with Crippen molar-refractivity contribution in [1.29, 1.82) is 0 Å². The van der Waals surface area contributed by atoms with Crippen LogP contribution in [0.2, 0.25) is 5.02 Å². The summed E-state index contributed by atoms with van der Waals surface area (Å²) in [4.78, 5) is 12.5. The minimum Gasteiger partial charge on any atom is -0.454 e. The topological polar surface area (TPSA) is 95.7 Å². The van der Waals surface area contributed by atoms with Crippen LogP contribution in [-0.4, -0.2) is 35.2 Å². The zero-order valence-corrected chi connectivity index (χ0v) is 17.7. The van der Waals surface area contributed by atoms with Crippen LogP contribution in [-0.2, 0) is 19.6 Å². The molecule has 9 nitrogen and oxygen atoms in total. The second kappa shape index (κ2) is 8.19. The van der Waals surface area contributed by atoms with Gasteiger partial charge < -0.3 is 9.73 Å². The van der Waals surface area contributed by atoms with Crippen LogP contribution in [0.3, 0.4) is 0 Å². The van der Waals surface area contributed by atoms with E-state index in [0.29, 0.717) is 29.6 Å². The Kier molecular flexibility index (Phi) is 5.45. The molecule has 156 valence electrons. The van der Waals surface area contributed by atoms with E-state index in [1.165, 1.54) is 0 Å². The summed E-state index contributed by atoms with van der Waals surface area (Å²) >= 11 is 6.18. The van der Waals surface area contributed by atoms with Gasteiger partial charge >= 0.3 is 0 Å². The Bertz CT molecular complexity index is 1180. The van der Waals surface area contributed by atoms with E-state index in [1.807, 2.05) is 37.8 Å². The molecule has 0 aliphatic carbocycles. The number of furan rings is 1. The minimum atomic E-state index is -0.342. The third kappa shape index (κ3) is 4.16. The van der Waals surface area contributed by atoms with E-state index in [-0.39, 0.29) is 11.7 Å². The van der Waals surface area contributed by atoms with Crippen LogP contribution in [0.4, 0.5) is 5.69 Å². The molecule has 0 bridgehead atoms. The van der Waals surface area contributed by atoms with E-state index in [0.717, 1.165) is 23.5 Å². The fourth-order valence-corrected chi connectivity index (χ4v) is 3.25. The number of aromatic nitrogens is 6. The van der Waals surface area contributed by atoms with Gasteiger partial charge in [0.15, 0.2) is 5.76 Å². The van der Waals surface area contributed by atoms with E-state index in [4.69, 9.17) is 16.0 Å². The number of amides is 1. The predicted molar refractivity (Wildman–Crippen MR) is 112 cm³/mol. The van der Waals surface area contributed by atoms with E-state index >= 15 is 0 Å². The highest BCUT2D eigenvalue weighted by atomic mass is 35.5. The molecule has 4 aromatic heterocycles. The molecule has 1 N–H and O–H groups in total. The number of hydrogen-bond acceptors (Lipinski definition) is 5. The lowest BCUT2D eigenvalue weighted by molar-refractivity contribution is 0.0994. The molecule has 0 radical (unpaired) electrons. The van der Waals surface area contributed by atoms with Crippen molar-refractivity contribution in [2.75, 3.05) is 5.32 Å². The second-order valence-electron chi connectivity index (χ2n) is 6.99. The number of hydrogen-bond donors (Lipinski definition) is 1. The van der Waals surface area contributed by atoms with Gasteiger partial charge in [-0.25, -0.2) is 0 Å². The van der Waals surface area contributed by atoms with Crippen molar-refractivity contribution < 1.29 is 9.21 Å². The quantitative estimate of drug-likeness (QED) is 0.487. The molecule has 30 heavy (non-hydrogen) atoms. The molecule has 0 spiro atoms. The van der Waals surface area contributed by atoms with Gasteiger partial charge in [-0.2, -0.15) is 15.3 Å². The third-order valence-electron chi connectivity index (χ3n) is 4.73. The number of carbonyl (C=O) groups is 1. The van der Waals surface area contributed by atoms with Gasteiger partial charge in [-0.1, -0.05) is 11.6 Å². The first-order valence-electron chi connectivity index (χ1n) is 9.56. The van der Waals surface area contributed by atoms with Crippen molar-refractivity contribution in [3.05, 3.63) is 70.4 Å². The van der Waals surface area contributed by atoms with Crippen molar-refractivity contribution in [1.82, 2.24) is 29.3 Å². The van der Waals surface area contributed by atoms with Crippen LogP contribution in [0.25, 0.3) is 0 Å². The predicted octanol–water partition coefficient (Wildman–Crippen LogP) is 3.51. The maximum Gasteiger partial charge on any atom is 0.291 e. The molecule has 10 heteroatoms. The van der Waals surface area contributed by atoms with Gasteiger partial charge in [0.1, 0.15) is 5.76 Å². The Balaban J connectivity index is 1.38. The monoisotopic (exact) mass is 427 g/mol. The van der Waals surface area contributed by atoms with Gasteiger partial charge in [0.25, 0.3) is 5.91 Å². The molecule has 4 heterocycles. The lowest BCUT2D eigenvalue weighted by Crippen LogP contribution is -2.10.